The zero-order valence-corrected chi connectivity index (χ0v) is 32.1. The van der Waals surface area contributed by atoms with Crippen LogP contribution in [0.4, 0.5) is 13.2 Å². The van der Waals surface area contributed by atoms with Gasteiger partial charge in [0.05, 0.1) is 0 Å². The number of alkyl halides is 3. The molecule has 0 aromatic heterocycles. The van der Waals surface area contributed by atoms with Crippen molar-refractivity contribution in [3.8, 4) is 0 Å². The highest BCUT2D eigenvalue weighted by Crippen LogP contribution is 2.72. The third kappa shape index (κ3) is 6.95. The molecule has 0 amide bonds. The monoisotopic (exact) mass is 722 g/mol. The van der Waals surface area contributed by atoms with E-state index in [4.69, 9.17) is 4.18 Å². The van der Waals surface area contributed by atoms with E-state index in [1.165, 1.54) is 5.57 Å². The van der Waals surface area contributed by atoms with Crippen LogP contribution in [-0.4, -0.2) is 26.2 Å². The van der Waals surface area contributed by atoms with Gasteiger partial charge in [0, 0.05) is 11.8 Å². The van der Waals surface area contributed by atoms with E-state index in [9.17, 15) is 31.2 Å². The summed E-state index contributed by atoms with van der Waals surface area (Å²) in [6, 6.07) is 9.55. The van der Waals surface area contributed by atoms with Crippen molar-refractivity contribution in [1.82, 2.24) is 0 Å². The fraction of sp³-hybridized carbons (Fsp3) is 0.700. The van der Waals surface area contributed by atoms with Crippen molar-refractivity contribution < 1.29 is 40.1 Å². The largest absolute Gasteiger partial charge is 0.534 e. The lowest BCUT2D eigenvalue weighted by molar-refractivity contribution is -0.163. The quantitative estimate of drug-likeness (QED) is 0.165. The van der Waals surface area contributed by atoms with Gasteiger partial charge >= 0.3 is 15.6 Å². The summed E-state index contributed by atoms with van der Waals surface area (Å²) in [6.45, 7) is 19.8. The van der Waals surface area contributed by atoms with Crippen LogP contribution in [0.2, 0.25) is 0 Å². The topological polar surface area (TPSA) is 86.7 Å². The maximum Gasteiger partial charge on any atom is 0.534 e. The fourth-order valence-electron chi connectivity index (χ4n) is 11.2. The molecule has 280 valence electrons. The number of carbonyl (C=O) groups is 2. The van der Waals surface area contributed by atoms with Crippen LogP contribution in [0.15, 0.2) is 53.3 Å². The number of allylic oxidation sites excluding steroid dienone is 4. The second-order valence-corrected chi connectivity index (χ2v) is 18.0. The van der Waals surface area contributed by atoms with Gasteiger partial charge in [0.25, 0.3) is 6.47 Å². The summed E-state index contributed by atoms with van der Waals surface area (Å²) in [7, 11) is -5.71. The molecule has 0 radical (unpaired) electrons. The lowest BCUT2D eigenvalue weighted by Crippen LogP contribution is -2.60. The molecular formula is C40H57F3O6S. The molecule has 50 heavy (non-hydrogen) atoms. The molecule has 1 aromatic carbocycles. The van der Waals surface area contributed by atoms with E-state index in [0.29, 0.717) is 49.5 Å². The van der Waals surface area contributed by atoms with Gasteiger partial charge in [0.2, 0.25) is 0 Å². The van der Waals surface area contributed by atoms with Crippen LogP contribution in [0.5, 0.6) is 0 Å². The van der Waals surface area contributed by atoms with Crippen molar-refractivity contribution in [2.45, 2.75) is 126 Å². The van der Waals surface area contributed by atoms with Gasteiger partial charge in [-0.1, -0.05) is 98.2 Å². The number of rotatable bonds is 6. The van der Waals surface area contributed by atoms with Gasteiger partial charge in [0.15, 0.2) is 5.78 Å². The van der Waals surface area contributed by atoms with Gasteiger partial charge in [-0.05, 0) is 108 Å². The molecule has 5 aliphatic carbocycles. The van der Waals surface area contributed by atoms with Gasteiger partial charge in [-0.3, -0.25) is 9.59 Å². The van der Waals surface area contributed by atoms with E-state index in [2.05, 4.69) is 39.4 Å². The Hall–Kier alpha value is -2.62. The van der Waals surface area contributed by atoms with Crippen LogP contribution in [0, 0.1) is 51.2 Å². The first-order chi connectivity index (χ1) is 23.2. The summed E-state index contributed by atoms with van der Waals surface area (Å²) in [5, 5.41) is 0. The molecule has 0 aliphatic heterocycles. The summed E-state index contributed by atoms with van der Waals surface area (Å²) in [5.74, 6) is 1.78. The Kier molecular flexibility index (Phi) is 11.6. The Bertz CT molecular complexity index is 1580. The minimum Gasteiger partial charge on any atom is -0.463 e. The van der Waals surface area contributed by atoms with Gasteiger partial charge in [-0.2, -0.15) is 21.6 Å². The molecular weight excluding hydrogens is 665 g/mol. The van der Waals surface area contributed by atoms with Crippen molar-refractivity contribution >= 4 is 22.4 Å². The predicted molar refractivity (Wildman–Crippen MR) is 189 cm³/mol. The van der Waals surface area contributed by atoms with E-state index in [1.807, 2.05) is 58.0 Å². The van der Waals surface area contributed by atoms with Gasteiger partial charge in [0.1, 0.15) is 12.4 Å². The van der Waals surface area contributed by atoms with E-state index in [0.717, 1.165) is 49.7 Å². The smallest absolute Gasteiger partial charge is 0.463 e. The maximum absolute atomic E-state index is 13.1. The van der Waals surface area contributed by atoms with Crippen LogP contribution < -0.4 is 0 Å². The molecule has 0 bridgehead atoms. The molecule has 7 atom stereocenters. The summed E-state index contributed by atoms with van der Waals surface area (Å²) in [5.41, 5.74) is -2.87. The second-order valence-electron chi connectivity index (χ2n) is 16.5. The Morgan fingerprint density at radius 2 is 1.56 bits per heavy atom. The lowest BCUT2D eigenvalue weighted by Gasteiger charge is -2.67. The van der Waals surface area contributed by atoms with Crippen molar-refractivity contribution in [2.24, 2.45) is 51.2 Å². The van der Waals surface area contributed by atoms with Crippen LogP contribution in [-0.2, 0) is 35.2 Å². The first kappa shape index (κ1) is 40.2. The number of halogens is 3. The number of hydrogen-bond acceptors (Lipinski definition) is 6. The molecule has 0 N–H and O–H groups in total. The highest BCUT2D eigenvalue weighted by atomic mass is 32.2. The highest BCUT2D eigenvalue weighted by Gasteiger charge is 2.65. The average molecular weight is 723 g/mol. The number of benzene rings is 1. The molecule has 10 heteroatoms. The summed E-state index contributed by atoms with van der Waals surface area (Å²) in [6.07, 6.45) is 8.75. The Labute approximate surface area is 297 Å². The number of hydrogen-bond donors (Lipinski definition) is 0. The standard InChI is InChI=1S/C30H43F3O4S.C8H8O2.C2H6/c1-17(2)24-20(34)16-27(5)13-10-19-18(25(24)27)8-9-22-28(19,6)14-11-21-26(3,4)23(12-15-29(21,22)7)37-38(35,36)30(31,32)33;9-7-10-6-8-4-2-1-3-5-8;1-2/h12,17-19,21-22H,8-11,13-16H2,1-7H3;1-5,7H,6H2;1-2H3. The Morgan fingerprint density at radius 1 is 0.920 bits per heavy atom. The van der Waals surface area contributed by atoms with Gasteiger partial charge in [-0.25, -0.2) is 0 Å². The van der Waals surface area contributed by atoms with Crippen LogP contribution in [0.1, 0.15) is 119 Å². The molecule has 0 heterocycles. The summed E-state index contributed by atoms with van der Waals surface area (Å²) < 4.78 is 72.5. The van der Waals surface area contributed by atoms with Crippen molar-refractivity contribution in [2.75, 3.05) is 0 Å². The molecule has 6 rings (SSSR count). The maximum atomic E-state index is 13.1. The normalized spacial score (nSPS) is 34.3. The third-order valence-electron chi connectivity index (χ3n) is 13.1. The summed E-state index contributed by atoms with van der Waals surface area (Å²) in [4.78, 5) is 22.9. The van der Waals surface area contributed by atoms with E-state index < -0.39 is 21.0 Å². The second kappa shape index (κ2) is 14.4. The number of ketones is 1. The highest BCUT2D eigenvalue weighted by molar-refractivity contribution is 7.87. The predicted octanol–water partition coefficient (Wildman–Crippen LogP) is 10.3. The third-order valence-corrected chi connectivity index (χ3v) is 14.0. The van der Waals surface area contributed by atoms with Crippen molar-refractivity contribution in [1.29, 1.82) is 0 Å². The molecule has 3 fully saturated rings. The minimum atomic E-state index is -5.71. The Morgan fingerprint density at radius 3 is 2.14 bits per heavy atom. The molecule has 0 saturated heterocycles. The lowest BCUT2D eigenvalue weighted by atomic mass is 9.37. The zero-order valence-electron chi connectivity index (χ0n) is 31.3. The molecule has 6 nitrogen and oxygen atoms in total. The molecule has 3 saturated carbocycles. The minimum absolute atomic E-state index is 0.0143. The Balaban J connectivity index is 0.000000400. The van der Waals surface area contributed by atoms with Crippen LogP contribution in [0.3, 0.4) is 0 Å². The van der Waals surface area contributed by atoms with Crippen LogP contribution in [0.25, 0.3) is 0 Å². The molecule has 7 unspecified atom stereocenters. The first-order valence-electron chi connectivity index (χ1n) is 18.3. The van der Waals surface area contributed by atoms with Crippen LogP contribution >= 0.6 is 0 Å². The molecule has 1 aromatic rings. The summed E-state index contributed by atoms with van der Waals surface area (Å²) >= 11 is 0. The number of fused-ring (bicyclic) bond motifs is 7. The first-order valence-corrected chi connectivity index (χ1v) is 19.7. The average Bonchev–Trinajstić information content (AvgIpc) is 3.32. The van der Waals surface area contributed by atoms with E-state index in [-0.39, 0.29) is 33.8 Å². The molecule has 0 spiro atoms. The number of carbonyl (C=O) groups excluding carboxylic acids is 2. The van der Waals surface area contributed by atoms with Crippen molar-refractivity contribution in [3.63, 3.8) is 0 Å². The van der Waals surface area contributed by atoms with Gasteiger partial charge in [-0.15, -0.1) is 0 Å². The molecule has 5 aliphatic rings. The zero-order chi connectivity index (χ0) is 37.5. The fourth-order valence-corrected chi connectivity index (χ4v) is 11.8. The number of ether oxygens (including phenoxy) is 1. The van der Waals surface area contributed by atoms with Gasteiger partial charge < -0.3 is 8.92 Å². The number of Topliss-reactive ketones (excluding diaryl/α,β-unsaturated/α-hetero) is 1. The van der Waals surface area contributed by atoms with E-state index >= 15 is 0 Å². The van der Waals surface area contributed by atoms with Crippen molar-refractivity contribution in [3.05, 3.63) is 58.9 Å². The van der Waals surface area contributed by atoms with E-state index in [1.54, 1.807) is 6.08 Å². The SMILES string of the molecule is CC.CC(C)C1=C2C3CCC4C(C)(CCC5C(C)(C)C(OS(=O)(=O)C(F)(F)F)=CCC54C)C3CCC2(C)CC1=O.O=COCc1ccccc1.